The summed E-state index contributed by atoms with van der Waals surface area (Å²) in [6.07, 6.45) is 1.78. The van der Waals surface area contributed by atoms with Crippen molar-refractivity contribution in [2.45, 2.75) is 13.1 Å². The zero-order valence-electron chi connectivity index (χ0n) is 23.6. The summed E-state index contributed by atoms with van der Waals surface area (Å²) in [5, 5.41) is 14.4. The van der Waals surface area contributed by atoms with E-state index >= 15 is 0 Å². The van der Waals surface area contributed by atoms with Crippen molar-refractivity contribution < 1.29 is 14.5 Å². The first-order chi connectivity index (χ1) is 21.0. The zero-order valence-corrected chi connectivity index (χ0v) is 23.6. The number of nitrogens with zero attached hydrogens (tertiary/aromatic N) is 7. The molecule has 0 radical (unpaired) electrons. The Morgan fingerprint density at radius 1 is 0.953 bits per heavy atom. The third-order valence-electron chi connectivity index (χ3n) is 7.46. The van der Waals surface area contributed by atoms with Crippen LogP contribution in [0.5, 0.6) is 5.75 Å². The van der Waals surface area contributed by atoms with Crippen LogP contribution in [0.15, 0.2) is 85.2 Å². The SMILES string of the molecule is COc1ccccc1CNc1nc(N2CCN(C(=O)c3ccc([N+](=O)[O-])cc3)CC2)nc2c1ncn2Cc1ccccc1. The largest absolute Gasteiger partial charge is 0.496 e. The summed E-state index contributed by atoms with van der Waals surface area (Å²) in [7, 11) is 1.65. The highest BCUT2D eigenvalue weighted by atomic mass is 16.6. The Morgan fingerprint density at radius 2 is 1.67 bits per heavy atom. The molecule has 3 heterocycles. The van der Waals surface area contributed by atoms with Gasteiger partial charge in [-0.1, -0.05) is 48.5 Å². The van der Waals surface area contributed by atoms with Gasteiger partial charge in [-0.2, -0.15) is 9.97 Å². The number of carbonyl (C=O) groups is 1. The number of non-ortho nitro benzene ring substituents is 1. The number of imidazole rings is 1. The molecule has 218 valence electrons. The molecule has 43 heavy (non-hydrogen) atoms. The van der Waals surface area contributed by atoms with E-state index in [0.717, 1.165) is 16.9 Å². The van der Waals surface area contributed by atoms with Crippen LogP contribution in [0.3, 0.4) is 0 Å². The number of aromatic nitrogens is 4. The van der Waals surface area contributed by atoms with E-state index in [-0.39, 0.29) is 11.6 Å². The first kappa shape index (κ1) is 27.6. The molecule has 0 saturated carbocycles. The average molecular weight is 579 g/mol. The van der Waals surface area contributed by atoms with E-state index in [1.54, 1.807) is 18.3 Å². The molecule has 0 spiro atoms. The molecule has 12 nitrogen and oxygen atoms in total. The minimum absolute atomic E-state index is 0.0458. The number of amides is 1. The number of carbonyl (C=O) groups excluding carboxylic acids is 1. The van der Waals surface area contributed by atoms with Gasteiger partial charge in [0.2, 0.25) is 5.95 Å². The molecule has 3 aromatic carbocycles. The number of piperazine rings is 1. The van der Waals surface area contributed by atoms with Gasteiger partial charge in [0.1, 0.15) is 5.75 Å². The fourth-order valence-corrected chi connectivity index (χ4v) is 5.14. The maximum absolute atomic E-state index is 13.1. The fraction of sp³-hybridized carbons (Fsp3) is 0.226. The van der Waals surface area contributed by atoms with Gasteiger partial charge in [0.15, 0.2) is 17.0 Å². The number of nitro benzene ring substituents is 1. The molecule has 1 saturated heterocycles. The second kappa shape index (κ2) is 12.1. The zero-order chi connectivity index (χ0) is 29.8. The maximum atomic E-state index is 13.1. The number of ether oxygens (including phenoxy) is 1. The van der Waals surface area contributed by atoms with Crippen LogP contribution >= 0.6 is 0 Å². The third kappa shape index (κ3) is 5.94. The van der Waals surface area contributed by atoms with Crippen molar-refractivity contribution >= 4 is 34.5 Å². The predicted octanol–water partition coefficient (Wildman–Crippen LogP) is 4.37. The van der Waals surface area contributed by atoms with Gasteiger partial charge in [0.05, 0.1) is 24.9 Å². The van der Waals surface area contributed by atoms with E-state index in [1.807, 2.05) is 47.0 Å². The Labute approximate surface area is 247 Å². The van der Waals surface area contributed by atoms with Gasteiger partial charge in [-0.15, -0.1) is 0 Å². The van der Waals surface area contributed by atoms with E-state index in [2.05, 4.69) is 27.3 Å². The number of hydrogen-bond donors (Lipinski definition) is 1. The maximum Gasteiger partial charge on any atom is 0.269 e. The molecule has 0 atom stereocenters. The van der Waals surface area contributed by atoms with Crippen molar-refractivity contribution in [1.82, 2.24) is 24.4 Å². The molecule has 1 aliphatic heterocycles. The van der Waals surface area contributed by atoms with Crippen molar-refractivity contribution in [3.63, 3.8) is 0 Å². The van der Waals surface area contributed by atoms with Gasteiger partial charge in [-0.05, 0) is 23.8 Å². The van der Waals surface area contributed by atoms with Crippen molar-refractivity contribution in [3.8, 4) is 5.75 Å². The van der Waals surface area contributed by atoms with Crippen molar-refractivity contribution in [2.75, 3.05) is 43.5 Å². The number of nitrogens with one attached hydrogen (secondary N) is 1. The summed E-state index contributed by atoms with van der Waals surface area (Å²) in [6, 6.07) is 23.6. The van der Waals surface area contributed by atoms with Crippen molar-refractivity contribution in [1.29, 1.82) is 0 Å². The van der Waals surface area contributed by atoms with E-state index < -0.39 is 4.92 Å². The Balaban J connectivity index is 1.25. The number of hydrogen-bond acceptors (Lipinski definition) is 9. The molecule has 0 aliphatic carbocycles. The molecule has 1 fully saturated rings. The fourth-order valence-electron chi connectivity index (χ4n) is 5.14. The summed E-state index contributed by atoms with van der Waals surface area (Å²) in [5.74, 6) is 1.78. The van der Waals surface area contributed by atoms with Crippen LogP contribution in [0.25, 0.3) is 11.2 Å². The smallest absolute Gasteiger partial charge is 0.269 e. The quantitative estimate of drug-likeness (QED) is 0.200. The van der Waals surface area contributed by atoms with E-state index in [9.17, 15) is 14.9 Å². The molecule has 0 unspecified atom stereocenters. The second-order valence-corrected chi connectivity index (χ2v) is 10.2. The van der Waals surface area contributed by atoms with Gasteiger partial charge in [-0.3, -0.25) is 14.9 Å². The summed E-state index contributed by atoms with van der Waals surface area (Å²) in [6.45, 7) is 3.08. The number of methoxy groups -OCH3 is 1. The highest BCUT2D eigenvalue weighted by molar-refractivity contribution is 5.94. The number of anilines is 2. The Hall–Kier alpha value is -5.52. The van der Waals surface area contributed by atoms with Crippen LogP contribution in [0.1, 0.15) is 21.5 Å². The molecule has 1 amide bonds. The van der Waals surface area contributed by atoms with Crippen LogP contribution in [0.4, 0.5) is 17.5 Å². The first-order valence-corrected chi connectivity index (χ1v) is 13.9. The van der Waals surface area contributed by atoms with E-state index in [4.69, 9.17) is 14.7 Å². The van der Waals surface area contributed by atoms with Crippen LogP contribution in [-0.4, -0.2) is 68.5 Å². The van der Waals surface area contributed by atoms with Gasteiger partial charge in [-0.25, -0.2) is 4.98 Å². The van der Waals surface area contributed by atoms with E-state index in [0.29, 0.717) is 67.8 Å². The van der Waals surface area contributed by atoms with Crippen LogP contribution in [0, 0.1) is 10.1 Å². The highest BCUT2D eigenvalue weighted by Crippen LogP contribution is 2.26. The first-order valence-electron chi connectivity index (χ1n) is 13.9. The van der Waals surface area contributed by atoms with Crippen LogP contribution < -0.4 is 15.0 Å². The minimum Gasteiger partial charge on any atom is -0.496 e. The molecular formula is C31H30N8O4. The lowest BCUT2D eigenvalue weighted by Gasteiger charge is -2.35. The number of benzene rings is 3. The Bertz CT molecular complexity index is 1750. The lowest BCUT2D eigenvalue weighted by atomic mass is 10.1. The van der Waals surface area contributed by atoms with Crippen LogP contribution in [-0.2, 0) is 13.1 Å². The molecule has 5 aromatic rings. The number of para-hydroxylation sites is 1. The van der Waals surface area contributed by atoms with Gasteiger partial charge < -0.3 is 24.4 Å². The summed E-state index contributed by atoms with van der Waals surface area (Å²) < 4.78 is 7.54. The lowest BCUT2D eigenvalue weighted by molar-refractivity contribution is -0.384. The Kier molecular flexibility index (Phi) is 7.81. The Morgan fingerprint density at radius 3 is 2.40 bits per heavy atom. The van der Waals surface area contributed by atoms with Gasteiger partial charge >= 0.3 is 0 Å². The number of nitro groups is 1. The normalized spacial score (nSPS) is 13.2. The molecule has 12 heteroatoms. The molecule has 2 aromatic heterocycles. The summed E-state index contributed by atoms with van der Waals surface area (Å²) >= 11 is 0. The molecule has 1 aliphatic rings. The lowest BCUT2D eigenvalue weighted by Crippen LogP contribution is -2.49. The average Bonchev–Trinajstić information content (AvgIpc) is 3.46. The summed E-state index contributed by atoms with van der Waals surface area (Å²) in [4.78, 5) is 41.9. The summed E-state index contributed by atoms with van der Waals surface area (Å²) in [5.41, 5.74) is 3.87. The molecular weight excluding hydrogens is 548 g/mol. The standard InChI is InChI=1S/C31H30N8O4/c1-43-26-10-6-5-9-24(26)19-32-28-27-29(38(21-33-27)20-22-7-3-2-4-8-22)35-31(34-28)37-17-15-36(16-18-37)30(40)23-11-13-25(14-12-23)39(41)42/h2-14,21H,15-20H2,1H3,(H,32,34,35). The van der Waals surface area contributed by atoms with Gasteiger partial charge in [0, 0.05) is 56.0 Å². The van der Waals surface area contributed by atoms with E-state index in [1.165, 1.54) is 24.3 Å². The topological polar surface area (TPSA) is 132 Å². The molecule has 6 rings (SSSR count). The van der Waals surface area contributed by atoms with Crippen molar-refractivity contribution in [2.24, 2.45) is 0 Å². The van der Waals surface area contributed by atoms with Crippen molar-refractivity contribution in [3.05, 3.63) is 112 Å². The third-order valence-corrected chi connectivity index (χ3v) is 7.46. The molecule has 0 bridgehead atoms. The highest BCUT2D eigenvalue weighted by Gasteiger charge is 2.25. The second-order valence-electron chi connectivity index (χ2n) is 10.2. The van der Waals surface area contributed by atoms with Crippen LogP contribution in [0.2, 0.25) is 0 Å². The molecule has 1 N–H and O–H groups in total. The minimum atomic E-state index is -0.477. The monoisotopic (exact) mass is 578 g/mol. The predicted molar refractivity (Wildman–Crippen MR) is 162 cm³/mol. The number of fused-ring (bicyclic) bond motifs is 1. The van der Waals surface area contributed by atoms with Gasteiger partial charge in [0.25, 0.3) is 11.6 Å². The number of rotatable bonds is 9.